The van der Waals surface area contributed by atoms with Crippen molar-refractivity contribution in [1.29, 1.82) is 0 Å². The van der Waals surface area contributed by atoms with Crippen LogP contribution in [0.3, 0.4) is 0 Å². The molecule has 0 aromatic rings. The molecular formula is C26H34N2O6. The fourth-order valence-corrected chi connectivity index (χ4v) is 8.17. The number of aliphatic hydroxyl groups excluding tert-OH is 2. The highest BCUT2D eigenvalue weighted by molar-refractivity contribution is 6.01. The number of Topliss-reactive ketones (excluding diaryl/α,β-unsaturated/α-hetero) is 1. The Hall–Kier alpha value is -2.13. The van der Waals surface area contributed by atoms with Crippen molar-refractivity contribution in [3.05, 3.63) is 36.1 Å². The van der Waals surface area contributed by atoms with Gasteiger partial charge in [-0.15, -0.1) is 0 Å². The highest BCUT2D eigenvalue weighted by Gasteiger charge is 2.76. The number of hydrogen-bond donors (Lipinski definition) is 3. The number of allylic oxidation sites excluding steroid dienone is 4. The van der Waals surface area contributed by atoms with E-state index in [9.17, 15) is 19.8 Å². The van der Waals surface area contributed by atoms with Crippen LogP contribution in [0.25, 0.3) is 0 Å². The minimum atomic E-state index is -1.38. The van der Waals surface area contributed by atoms with Crippen molar-refractivity contribution in [2.24, 2.45) is 39.3 Å². The van der Waals surface area contributed by atoms with Gasteiger partial charge in [-0.3, -0.25) is 14.6 Å². The first kappa shape index (κ1) is 23.6. The Bertz CT molecular complexity index is 1030. The van der Waals surface area contributed by atoms with Crippen molar-refractivity contribution in [2.75, 3.05) is 13.7 Å². The fraction of sp³-hybridized carbons (Fsp3) is 0.654. The highest BCUT2D eigenvalue weighted by atomic mass is 16.7. The van der Waals surface area contributed by atoms with Gasteiger partial charge in [0.1, 0.15) is 6.61 Å². The van der Waals surface area contributed by atoms with Gasteiger partial charge in [-0.2, -0.15) is 0 Å². The monoisotopic (exact) mass is 470 g/mol. The van der Waals surface area contributed by atoms with Gasteiger partial charge in [0.05, 0.1) is 17.9 Å². The average molecular weight is 471 g/mol. The molecule has 8 heteroatoms. The minimum Gasteiger partial charge on any atom is -0.405 e. The molecule has 0 bridgehead atoms. The van der Waals surface area contributed by atoms with Crippen LogP contribution in [0, 0.1) is 28.6 Å². The summed E-state index contributed by atoms with van der Waals surface area (Å²) in [5.74, 6) is -0.320. The largest absolute Gasteiger partial charge is 0.405 e. The van der Waals surface area contributed by atoms with E-state index in [-0.39, 0.29) is 23.5 Å². The van der Waals surface area contributed by atoms with Gasteiger partial charge >= 0.3 is 0 Å². The van der Waals surface area contributed by atoms with E-state index in [1.54, 1.807) is 25.3 Å². The van der Waals surface area contributed by atoms with Crippen LogP contribution in [0.1, 0.15) is 39.5 Å². The second kappa shape index (κ2) is 7.95. The molecule has 3 saturated carbocycles. The molecule has 4 N–H and O–H groups in total. The van der Waals surface area contributed by atoms with Crippen LogP contribution >= 0.6 is 0 Å². The predicted molar refractivity (Wildman–Crippen MR) is 125 cm³/mol. The minimum absolute atomic E-state index is 0.00304. The zero-order valence-corrected chi connectivity index (χ0v) is 19.9. The molecule has 0 radical (unpaired) electrons. The molecule has 184 valence electrons. The molecule has 0 aromatic heterocycles. The molecule has 9 atom stereocenters. The number of carbonyl (C=O) groups excluding carboxylic acids is 2. The standard InChI is InChI=1S/C26H34N2O6/c1-24-8-6-15(30)10-14(24)4-5-16-17-11-21-26(20(32)13-29,25(17,2)12-19(31)22(16)24)34-23(33-21)18(28-3)7-9-27/h6-10,16-17,19,21-23,29,31H,4-5,11-13,27H2,1-3H3/b9-7-,28-18?/t16?,17-,19-,21+,22+,23-,24-,25-,26+/m0/s1. The third kappa shape index (κ3) is 2.89. The van der Waals surface area contributed by atoms with E-state index in [4.69, 9.17) is 15.2 Å². The molecule has 34 heavy (non-hydrogen) atoms. The first-order valence-corrected chi connectivity index (χ1v) is 12.1. The number of rotatable bonds is 4. The van der Waals surface area contributed by atoms with E-state index in [2.05, 4.69) is 11.9 Å². The van der Waals surface area contributed by atoms with Gasteiger partial charge in [-0.05, 0) is 61.9 Å². The van der Waals surface area contributed by atoms with Crippen molar-refractivity contribution in [2.45, 2.75) is 63.6 Å². The summed E-state index contributed by atoms with van der Waals surface area (Å²) in [5, 5.41) is 21.6. The molecule has 0 spiro atoms. The van der Waals surface area contributed by atoms with Gasteiger partial charge in [0.2, 0.25) is 6.29 Å². The van der Waals surface area contributed by atoms with Crippen molar-refractivity contribution < 1.29 is 29.3 Å². The number of aliphatic hydroxyl groups is 2. The van der Waals surface area contributed by atoms with E-state index < -0.39 is 47.3 Å². The molecule has 5 rings (SSSR count). The van der Waals surface area contributed by atoms with Crippen LogP contribution in [-0.4, -0.2) is 65.2 Å². The van der Waals surface area contributed by atoms with Crippen LogP contribution in [0.2, 0.25) is 0 Å². The molecule has 1 unspecified atom stereocenters. The number of aliphatic imine (C=N–C) groups is 1. The summed E-state index contributed by atoms with van der Waals surface area (Å²) < 4.78 is 12.7. The molecule has 1 heterocycles. The van der Waals surface area contributed by atoms with E-state index in [1.807, 2.05) is 13.0 Å². The zero-order valence-electron chi connectivity index (χ0n) is 19.9. The Morgan fingerprint density at radius 2 is 2.15 bits per heavy atom. The maximum Gasteiger partial charge on any atom is 0.202 e. The van der Waals surface area contributed by atoms with Crippen LogP contribution in [0.5, 0.6) is 0 Å². The lowest BCUT2D eigenvalue weighted by molar-refractivity contribution is -0.191. The third-order valence-corrected chi connectivity index (χ3v) is 9.56. The molecule has 1 aliphatic heterocycles. The molecule has 4 fully saturated rings. The number of fused-ring (bicyclic) bond motifs is 7. The molecule has 0 amide bonds. The first-order chi connectivity index (χ1) is 16.2. The Kier molecular flexibility index (Phi) is 5.52. The summed E-state index contributed by atoms with van der Waals surface area (Å²) in [6, 6.07) is 0. The van der Waals surface area contributed by atoms with E-state index in [0.717, 1.165) is 18.4 Å². The lowest BCUT2D eigenvalue weighted by Crippen LogP contribution is -2.63. The van der Waals surface area contributed by atoms with Gasteiger partial charge in [0.25, 0.3) is 0 Å². The topological polar surface area (TPSA) is 131 Å². The van der Waals surface area contributed by atoms with Crippen LogP contribution in [0.4, 0.5) is 0 Å². The summed E-state index contributed by atoms with van der Waals surface area (Å²) in [6.07, 6.45) is 8.62. The van der Waals surface area contributed by atoms with E-state index >= 15 is 0 Å². The van der Waals surface area contributed by atoms with Gasteiger partial charge in [-0.1, -0.05) is 25.5 Å². The second-order valence-electron chi connectivity index (χ2n) is 10.8. The van der Waals surface area contributed by atoms with Crippen LogP contribution in [-0.2, 0) is 19.1 Å². The Balaban J connectivity index is 1.56. The Morgan fingerprint density at radius 3 is 2.82 bits per heavy atom. The Labute approximate surface area is 199 Å². The van der Waals surface area contributed by atoms with Gasteiger partial charge in [-0.25, -0.2) is 0 Å². The van der Waals surface area contributed by atoms with Crippen molar-refractivity contribution >= 4 is 17.3 Å². The van der Waals surface area contributed by atoms with Crippen molar-refractivity contribution in [1.82, 2.24) is 0 Å². The molecule has 4 aliphatic carbocycles. The number of nitrogens with two attached hydrogens (primary N) is 1. The highest BCUT2D eigenvalue weighted by Crippen LogP contribution is 2.69. The molecular weight excluding hydrogens is 436 g/mol. The van der Waals surface area contributed by atoms with Crippen LogP contribution in [0.15, 0.2) is 41.1 Å². The number of carbonyl (C=O) groups is 2. The normalized spacial score (nSPS) is 47.7. The van der Waals surface area contributed by atoms with Crippen LogP contribution < -0.4 is 5.73 Å². The summed E-state index contributed by atoms with van der Waals surface area (Å²) in [6.45, 7) is 3.45. The van der Waals surface area contributed by atoms with E-state index in [1.165, 1.54) is 6.20 Å². The quantitative estimate of drug-likeness (QED) is 0.530. The summed E-state index contributed by atoms with van der Waals surface area (Å²) in [4.78, 5) is 29.6. The number of ketones is 2. The summed E-state index contributed by atoms with van der Waals surface area (Å²) in [7, 11) is 1.60. The summed E-state index contributed by atoms with van der Waals surface area (Å²) in [5.41, 5.74) is 4.59. The second-order valence-corrected chi connectivity index (χ2v) is 10.8. The zero-order chi connectivity index (χ0) is 24.5. The van der Waals surface area contributed by atoms with Crippen molar-refractivity contribution in [3.63, 3.8) is 0 Å². The molecule has 8 nitrogen and oxygen atoms in total. The van der Waals surface area contributed by atoms with Gasteiger partial charge in [0, 0.05) is 23.8 Å². The predicted octanol–water partition coefficient (Wildman–Crippen LogP) is 1.46. The number of hydrogen-bond acceptors (Lipinski definition) is 8. The molecule has 0 aromatic carbocycles. The smallest absolute Gasteiger partial charge is 0.202 e. The molecule has 1 saturated heterocycles. The third-order valence-electron chi connectivity index (χ3n) is 9.56. The SMILES string of the molecule is CN=C(/C=C\N)[C@H]1O[C@@H]2C[C@H]3C4CCC5=CC(=O)C=C[C@]5(C)[C@H]4[C@@H](O)C[C@]3(C)[C@]2(C(=O)CO)O1. The molecule has 5 aliphatic rings. The fourth-order valence-electron chi connectivity index (χ4n) is 8.17. The number of nitrogens with zero attached hydrogens (tertiary/aromatic N) is 1. The first-order valence-electron chi connectivity index (χ1n) is 12.1. The lowest BCUT2D eigenvalue weighted by Gasteiger charge is -2.59. The van der Waals surface area contributed by atoms with Gasteiger partial charge < -0.3 is 25.4 Å². The Morgan fingerprint density at radius 1 is 1.38 bits per heavy atom. The number of ether oxygens (including phenoxy) is 2. The average Bonchev–Trinajstić information content (AvgIpc) is 3.30. The maximum atomic E-state index is 13.4. The summed E-state index contributed by atoms with van der Waals surface area (Å²) >= 11 is 0. The van der Waals surface area contributed by atoms with E-state index in [0.29, 0.717) is 18.6 Å². The van der Waals surface area contributed by atoms with Crippen molar-refractivity contribution in [3.8, 4) is 0 Å². The maximum absolute atomic E-state index is 13.4. The lowest BCUT2D eigenvalue weighted by atomic mass is 9.46. The van der Waals surface area contributed by atoms with Gasteiger partial charge in [0.15, 0.2) is 17.2 Å².